The molecule has 364 valence electrons. The Balaban J connectivity index is 0.000000915. The second kappa shape index (κ2) is 37.5. The molecule has 0 aromatic heterocycles. The third-order valence-electron chi connectivity index (χ3n) is 12.7. The summed E-state index contributed by atoms with van der Waals surface area (Å²) in [7, 11) is 5.07. The number of carboxylic acids is 2. The Morgan fingerprint density at radius 2 is 0.619 bits per heavy atom. The number of carbonyl (C=O) groups is 2. The Hall–Kier alpha value is -2.75. The summed E-state index contributed by atoms with van der Waals surface area (Å²) in [6.07, 6.45) is 40.8. The summed E-state index contributed by atoms with van der Waals surface area (Å²) in [5.74, 6) is -3.33. The fraction of sp³-hybridized carbons (Fsp3) is 0.741. The average Bonchev–Trinajstić information content (AvgIpc) is 3.27. The van der Waals surface area contributed by atoms with Crippen LogP contribution in [0.25, 0.3) is 0 Å². The maximum Gasteiger partial charge on any atom is 0.207 e. The molecule has 63 heavy (non-hydrogen) atoms. The molecule has 0 bridgehead atoms. The van der Waals surface area contributed by atoms with Gasteiger partial charge in [-0.2, -0.15) is 0 Å². The van der Waals surface area contributed by atoms with Gasteiger partial charge in [0.1, 0.15) is 0 Å². The van der Waals surface area contributed by atoms with Gasteiger partial charge < -0.3 is 28.8 Å². The number of carbonyl (C=O) groups excluding carboxylic acids is 2. The average molecular weight is 901 g/mol. The smallest absolute Gasteiger partial charge is 0.207 e. The van der Waals surface area contributed by atoms with Crippen LogP contribution in [0.15, 0.2) is 58.3 Å². The Morgan fingerprint density at radius 3 is 0.841 bits per heavy atom. The van der Waals surface area contributed by atoms with Crippen molar-refractivity contribution in [3.63, 3.8) is 0 Å². The number of nitrogens with zero attached hydrogens (tertiary/aromatic N) is 2. The van der Waals surface area contributed by atoms with Gasteiger partial charge in [0.2, 0.25) is 9.84 Å². The molecular formula is C54H96N2O6S. The first-order chi connectivity index (χ1) is 30.1. The van der Waals surface area contributed by atoms with Crippen LogP contribution in [-0.4, -0.2) is 83.7 Å². The van der Waals surface area contributed by atoms with Gasteiger partial charge >= 0.3 is 0 Å². The maximum absolute atomic E-state index is 12.5. The molecule has 0 aliphatic carbocycles. The summed E-state index contributed by atoms with van der Waals surface area (Å²) in [5.41, 5.74) is -1.07. The molecule has 2 rings (SSSR count). The van der Waals surface area contributed by atoms with E-state index in [0.717, 1.165) is 24.3 Å². The lowest BCUT2D eigenvalue weighted by molar-refractivity contribution is -0.888. The van der Waals surface area contributed by atoms with E-state index in [9.17, 15) is 28.2 Å². The fourth-order valence-electron chi connectivity index (χ4n) is 7.64. The highest BCUT2D eigenvalue weighted by atomic mass is 32.2. The largest absolute Gasteiger partial charge is 0.545 e. The van der Waals surface area contributed by atoms with Crippen molar-refractivity contribution < 1.29 is 37.2 Å². The van der Waals surface area contributed by atoms with Crippen molar-refractivity contribution in [3.8, 4) is 0 Å². The quantitative estimate of drug-likeness (QED) is 0.0497. The molecule has 0 N–H and O–H groups in total. The number of benzene rings is 2. The van der Waals surface area contributed by atoms with E-state index in [1.54, 1.807) is 0 Å². The number of sulfone groups is 1. The lowest BCUT2D eigenvalue weighted by atomic mass is 10.0. The first kappa shape index (κ1) is 60.2. The molecule has 0 radical (unpaired) electrons. The Bertz CT molecular complexity index is 1430. The second-order valence-corrected chi connectivity index (χ2v) is 21.1. The molecule has 0 heterocycles. The van der Waals surface area contributed by atoms with E-state index in [1.807, 2.05) is 0 Å². The third kappa shape index (κ3) is 30.9. The summed E-state index contributed by atoms with van der Waals surface area (Å²) in [6.45, 7) is 14.4. The predicted octanol–water partition coefficient (Wildman–Crippen LogP) is 12.4. The SMILES string of the molecule is CCCCCCCCCCCCCCCC[N+](C)(C)CC.CCCCCCCCCCCCCCCC[N+](C)(C)CC.O=C([O-])c1ccccc1S(=O)(=O)c1ccccc1C(=O)[O-]. The number of quaternary nitrogens is 2. The summed E-state index contributed by atoms with van der Waals surface area (Å²) >= 11 is 0. The zero-order valence-electron chi connectivity index (χ0n) is 42.0. The first-order valence-electron chi connectivity index (χ1n) is 25.6. The number of aromatic carboxylic acids is 2. The molecule has 0 fully saturated rings. The van der Waals surface area contributed by atoms with Crippen LogP contribution >= 0.6 is 0 Å². The van der Waals surface area contributed by atoms with Crippen LogP contribution in [0.1, 0.15) is 228 Å². The van der Waals surface area contributed by atoms with Gasteiger partial charge in [-0.3, -0.25) is 0 Å². The van der Waals surface area contributed by atoms with Gasteiger partial charge in [0.15, 0.2) is 0 Å². The molecule has 0 atom stereocenters. The van der Waals surface area contributed by atoms with Crippen molar-refractivity contribution in [3.05, 3.63) is 59.7 Å². The Labute approximate surface area is 388 Å². The van der Waals surface area contributed by atoms with Gasteiger partial charge in [-0.05, 0) is 51.7 Å². The van der Waals surface area contributed by atoms with E-state index in [-0.39, 0.29) is 0 Å². The molecule has 0 amide bonds. The lowest BCUT2D eigenvalue weighted by Gasteiger charge is -2.28. The number of hydrogen-bond acceptors (Lipinski definition) is 6. The molecular weight excluding hydrogens is 805 g/mol. The number of carboxylic acid groups (broad SMARTS) is 2. The van der Waals surface area contributed by atoms with Gasteiger partial charge in [-0.1, -0.05) is 204 Å². The number of rotatable bonds is 36. The van der Waals surface area contributed by atoms with Crippen LogP contribution in [0.3, 0.4) is 0 Å². The lowest BCUT2D eigenvalue weighted by Crippen LogP contribution is -2.39. The van der Waals surface area contributed by atoms with Crippen molar-refractivity contribution in [2.75, 3.05) is 54.4 Å². The number of unbranched alkanes of at least 4 members (excludes halogenated alkanes) is 26. The molecule has 0 saturated heterocycles. The zero-order valence-corrected chi connectivity index (χ0v) is 42.8. The Kier molecular flexibility index (Phi) is 35.8. The molecule has 9 heteroatoms. The third-order valence-corrected chi connectivity index (χ3v) is 14.6. The highest BCUT2D eigenvalue weighted by Gasteiger charge is 2.24. The molecule has 0 aliphatic rings. The van der Waals surface area contributed by atoms with Crippen LogP contribution < -0.4 is 10.2 Å². The van der Waals surface area contributed by atoms with Crippen molar-refractivity contribution >= 4 is 21.8 Å². The minimum absolute atomic E-state index is 0.529. The minimum atomic E-state index is -4.33. The predicted molar refractivity (Wildman–Crippen MR) is 263 cm³/mol. The summed E-state index contributed by atoms with van der Waals surface area (Å²) in [6, 6.07) is 9.65. The van der Waals surface area contributed by atoms with Crippen LogP contribution in [0.4, 0.5) is 0 Å². The molecule has 2 aromatic rings. The van der Waals surface area contributed by atoms with E-state index in [2.05, 4.69) is 55.9 Å². The van der Waals surface area contributed by atoms with E-state index in [0.29, 0.717) is 0 Å². The molecule has 0 spiro atoms. The van der Waals surface area contributed by atoms with E-state index < -0.39 is 42.7 Å². The van der Waals surface area contributed by atoms with Crippen LogP contribution in [0.5, 0.6) is 0 Å². The maximum atomic E-state index is 12.5. The second-order valence-electron chi connectivity index (χ2n) is 19.2. The molecule has 0 aliphatic heterocycles. The van der Waals surface area contributed by atoms with Crippen LogP contribution in [0, 0.1) is 0 Å². The summed E-state index contributed by atoms with van der Waals surface area (Å²) in [5, 5.41) is 22.0. The number of hydrogen-bond donors (Lipinski definition) is 0. The van der Waals surface area contributed by atoms with E-state index in [4.69, 9.17) is 0 Å². The van der Waals surface area contributed by atoms with E-state index in [1.165, 1.54) is 239 Å². The van der Waals surface area contributed by atoms with Gasteiger partial charge in [0, 0.05) is 11.1 Å². The minimum Gasteiger partial charge on any atom is -0.545 e. The topological polar surface area (TPSA) is 114 Å². The highest BCUT2D eigenvalue weighted by molar-refractivity contribution is 7.91. The van der Waals surface area contributed by atoms with Crippen LogP contribution in [0.2, 0.25) is 0 Å². The highest BCUT2D eigenvalue weighted by Crippen LogP contribution is 2.26. The normalized spacial score (nSPS) is 11.7. The Morgan fingerprint density at radius 1 is 0.397 bits per heavy atom. The van der Waals surface area contributed by atoms with Gasteiger partial charge in [0.05, 0.1) is 76.1 Å². The molecule has 2 aromatic carbocycles. The van der Waals surface area contributed by atoms with Crippen molar-refractivity contribution in [1.29, 1.82) is 0 Å². The molecule has 0 saturated carbocycles. The van der Waals surface area contributed by atoms with Crippen LogP contribution in [-0.2, 0) is 9.84 Å². The first-order valence-corrected chi connectivity index (χ1v) is 27.1. The van der Waals surface area contributed by atoms with Crippen molar-refractivity contribution in [1.82, 2.24) is 0 Å². The van der Waals surface area contributed by atoms with Crippen molar-refractivity contribution in [2.45, 2.75) is 217 Å². The van der Waals surface area contributed by atoms with Crippen molar-refractivity contribution in [2.24, 2.45) is 0 Å². The zero-order chi connectivity index (χ0) is 47.2. The monoisotopic (exact) mass is 901 g/mol. The van der Waals surface area contributed by atoms with Gasteiger partial charge in [-0.15, -0.1) is 0 Å². The molecule has 0 unspecified atom stereocenters. The van der Waals surface area contributed by atoms with E-state index >= 15 is 0 Å². The summed E-state index contributed by atoms with van der Waals surface area (Å²) < 4.78 is 27.4. The fourth-order valence-corrected chi connectivity index (χ4v) is 9.28. The van der Waals surface area contributed by atoms with Gasteiger partial charge in [0.25, 0.3) is 0 Å². The van der Waals surface area contributed by atoms with Gasteiger partial charge in [-0.25, -0.2) is 8.42 Å². The summed E-state index contributed by atoms with van der Waals surface area (Å²) in [4.78, 5) is 21.0. The standard InChI is InChI=1S/2C20H44N.C14H10O6S/c2*1-5-7-8-9-10-11-12-13-14-15-16-17-18-19-20-21(3,4)6-2;15-13(16)9-5-1-3-7-11(9)21(19,20)12-8-4-2-6-10(12)14(17)18/h2*5-20H2,1-4H3;1-8H,(H,15,16)(H,17,18)/q2*+1;/p-2. The molecule has 8 nitrogen and oxygen atoms in total.